The number of aromatic nitrogens is 2. The fourth-order valence-corrected chi connectivity index (χ4v) is 2.75. The summed E-state index contributed by atoms with van der Waals surface area (Å²) in [7, 11) is -4.08. The van der Waals surface area contributed by atoms with Gasteiger partial charge in [0.1, 0.15) is 11.6 Å². The van der Waals surface area contributed by atoms with Crippen molar-refractivity contribution in [3.8, 4) is 0 Å². The topological polar surface area (TPSA) is 147 Å². The Kier molecular flexibility index (Phi) is 6.34. The largest absolute Gasteiger partial charge is 0.367 e. The van der Waals surface area contributed by atoms with E-state index in [0.717, 1.165) is 0 Å². The number of amides is 1. The van der Waals surface area contributed by atoms with E-state index in [1.54, 1.807) is 24.3 Å². The molecule has 1 aromatic carbocycles. The van der Waals surface area contributed by atoms with Crippen molar-refractivity contribution in [2.24, 2.45) is 11.7 Å². The van der Waals surface area contributed by atoms with Gasteiger partial charge in [-0.3, -0.25) is 9.35 Å². The van der Waals surface area contributed by atoms with Gasteiger partial charge in [-0.2, -0.15) is 13.4 Å². The Hall–Kier alpha value is -2.72. The van der Waals surface area contributed by atoms with Crippen molar-refractivity contribution < 1.29 is 17.8 Å². The fraction of sp³-hybridized carbons (Fsp3) is 0.353. The summed E-state index contributed by atoms with van der Waals surface area (Å²) in [5, 5.41) is 6.14. The highest BCUT2D eigenvalue weighted by atomic mass is 32.2. The second-order valence-corrected chi connectivity index (χ2v) is 8.00. The average molecular weight is 393 g/mol. The number of nitrogens with one attached hydrogen (secondary N) is 2. The smallest absolute Gasteiger partial charge is 0.269 e. The van der Waals surface area contributed by atoms with Gasteiger partial charge in [0.2, 0.25) is 5.95 Å². The van der Waals surface area contributed by atoms with Gasteiger partial charge >= 0.3 is 0 Å². The van der Waals surface area contributed by atoms with Crippen molar-refractivity contribution in [1.82, 2.24) is 9.97 Å². The van der Waals surface area contributed by atoms with Gasteiger partial charge in [-0.05, 0) is 30.5 Å². The fourth-order valence-electron chi connectivity index (χ4n) is 2.14. The first-order valence-electron chi connectivity index (χ1n) is 8.29. The number of hydrogen-bond acceptors (Lipinski definition) is 7. The van der Waals surface area contributed by atoms with Crippen LogP contribution in [0, 0.1) is 5.92 Å². The molecule has 27 heavy (non-hydrogen) atoms. The standard InChI is InChI=1S/C17H23N5O4S/c1-10(2)11(3)20-16-14(15(18)23)8-19-17(22-16)21-13-6-4-12(5-7-13)9-27(24,25)26/h4-8,10-11H,9H2,1-3H3,(H2,18,23)(H,24,25,26)(H2,19,20,21,22)/t11-/m1/s1. The van der Waals surface area contributed by atoms with Gasteiger partial charge < -0.3 is 16.4 Å². The van der Waals surface area contributed by atoms with Gasteiger partial charge in [-0.25, -0.2) is 4.98 Å². The van der Waals surface area contributed by atoms with E-state index >= 15 is 0 Å². The molecular formula is C17H23N5O4S. The maximum atomic E-state index is 11.6. The molecule has 2 aromatic rings. The summed E-state index contributed by atoms with van der Waals surface area (Å²) in [6.07, 6.45) is 1.35. The van der Waals surface area contributed by atoms with Crippen LogP contribution in [0.5, 0.6) is 0 Å². The van der Waals surface area contributed by atoms with Crippen molar-refractivity contribution in [2.75, 3.05) is 10.6 Å². The quantitative estimate of drug-likeness (QED) is 0.499. The Bertz CT molecular complexity index is 913. The lowest BCUT2D eigenvalue weighted by Crippen LogP contribution is -2.25. The van der Waals surface area contributed by atoms with Gasteiger partial charge in [-0.1, -0.05) is 26.0 Å². The molecule has 1 heterocycles. The summed E-state index contributed by atoms with van der Waals surface area (Å²) >= 11 is 0. The van der Waals surface area contributed by atoms with Crippen LogP contribution >= 0.6 is 0 Å². The van der Waals surface area contributed by atoms with Gasteiger partial charge in [0.05, 0.1) is 5.56 Å². The van der Waals surface area contributed by atoms with Crippen LogP contribution in [-0.2, 0) is 15.9 Å². The highest BCUT2D eigenvalue weighted by molar-refractivity contribution is 7.85. The van der Waals surface area contributed by atoms with Crippen LogP contribution in [0.15, 0.2) is 30.5 Å². The first-order valence-corrected chi connectivity index (χ1v) is 9.90. The van der Waals surface area contributed by atoms with Crippen molar-refractivity contribution in [2.45, 2.75) is 32.6 Å². The number of benzene rings is 1. The monoisotopic (exact) mass is 393 g/mol. The number of nitrogens with zero attached hydrogens (tertiary/aromatic N) is 2. The second-order valence-electron chi connectivity index (χ2n) is 6.55. The maximum absolute atomic E-state index is 11.6. The summed E-state index contributed by atoms with van der Waals surface area (Å²) in [5.74, 6) is -0.190. The van der Waals surface area contributed by atoms with Crippen LogP contribution < -0.4 is 16.4 Å². The highest BCUT2D eigenvalue weighted by Crippen LogP contribution is 2.20. The molecule has 0 aliphatic heterocycles. The SMILES string of the molecule is CC(C)[C@@H](C)Nc1nc(Nc2ccc(CS(=O)(=O)O)cc2)ncc1C(N)=O. The van der Waals surface area contributed by atoms with Gasteiger partial charge in [0.25, 0.3) is 16.0 Å². The molecule has 0 saturated carbocycles. The Labute approximate surface area is 158 Å². The zero-order chi connectivity index (χ0) is 20.2. The van der Waals surface area contributed by atoms with Crippen LogP contribution in [0.4, 0.5) is 17.5 Å². The molecule has 2 rings (SSSR count). The summed E-state index contributed by atoms with van der Waals surface area (Å²) < 4.78 is 30.7. The first kappa shape index (κ1) is 20.6. The van der Waals surface area contributed by atoms with E-state index in [4.69, 9.17) is 10.3 Å². The Morgan fingerprint density at radius 3 is 2.37 bits per heavy atom. The van der Waals surface area contributed by atoms with Crippen molar-refractivity contribution in [3.63, 3.8) is 0 Å². The number of primary amides is 1. The van der Waals surface area contributed by atoms with Gasteiger partial charge in [0, 0.05) is 17.9 Å². The number of anilines is 3. The summed E-state index contributed by atoms with van der Waals surface area (Å²) in [6.45, 7) is 6.05. The minimum absolute atomic E-state index is 0.0607. The normalized spacial score (nSPS) is 12.6. The van der Waals surface area contributed by atoms with Crippen molar-refractivity contribution in [3.05, 3.63) is 41.6 Å². The molecular weight excluding hydrogens is 370 g/mol. The van der Waals surface area contributed by atoms with Crippen LogP contribution in [0.2, 0.25) is 0 Å². The maximum Gasteiger partial charge on any atom is 0.269 e. The minimum atomic E-state index is -4.08. The van der Waals surface area contributed by atoms with E-state index in [9.17, 15) is 13.2 Å². The van der Waals surface area contributed by atoms with E-state index in [1.807, 2.05) is 20.8 Å². The lowest BCUT2D eigenvalue weighted by molar-refractivity contribution is 0.100. The molecule has 0 aliphatic carbocycles. The Balaban J connectivity index is 2.22. The molecule has 10 heteroatoms. The molecule has 1 atom stereocenters. The molecule has 0 fully saturated rings. The van der Waals surface area contributed by atoms with E-state index in [1.165, 1.54) is 6.20 Å². The summed E-state index contributed by atoms with van der Waals surface area (Å²) in [6, 6.07) is 6.46. The zero-order valence-electron chi connectivity index (χ0n) is 15.3. The van der Waals surface area contributed by atoms with Crippen LogP contribution in [0.1, 0.15) is 36.7 Å². The number of carbonyl (C=O) groups is 1. The third-order valence-corrected chi connectivity index (χ3v) is 4.68. The Morgan fingerprint density at radius 2 is 1.85 bits per heavy atom. The average Bonchev–Trinajstić information content (AvgIpc) is 2.55. The Morgan fingerprint density at radius 1 is 1.22 bits per heavy atom. The number of carbonyl (C=O) groups excluding carboxylic acids is 1. The van der Waals surface area contributed by atoms with E-state index in [-0.39, 0.29) is 17.6 Å². The molecule has 9 nitrogen and oxygen atoms in total. The van der Waals surface area contributed by atoms with Crippen LogP contribution in [-0.4, -0.2) is 34.9 Å². The molecule has 0 bridgehead atoms. The molecule has 1 amide bonds. The van der Waals surface area contributed by atoms with Crippen molar-refractivity contribution >= 4 is 33.5 Å². The van der Waals surface area contributed by atoms with E-state index in [0.29, 0.717) is 23.0 Å². The number of nitrogens with two attached hydrogens (primary N) is 1. The molecule has 0 radical (unpaired) electrons. The molecule has 146 valence electrons. The third kappa shape index (κ3) is 6.19. The molecule has 0 unspecified atom stereocenters. The van der Waals surface area contributed by atoms with E-state index < -0.39 is 21.8 Å². The molecule has 5 N–H and O–H groups in total. The van der Waals surface area contributed by atoms with Gasteiger partial charge in [-0.15, -0.1) is 0 Å². The number of hydrogen-bond donors (Lipinski definition) is 4. The van der Waals surface area contributed by atoms with Crippen molar-refractivity contribution in [1.29, 1.82) is 0 Å². The van der Waals surface area contributed by atoms with E-state index in [2.05, 4.69) is 20.6 Å². The predicted octanol–water partition coefficient (Wildman–Crippen LogP) is 2.16. The van der Waals surface area contributed by atoms with Crippen LogP contribution in [0.25, 0.3) is 0 Å². The number of rotatable bonds is 8. The van der Waals surface area contributed by atoms with Gasteiger partial charge in [0.15, 0.2) is 0 Å². The first-order chi connectivity index (χ1) is 12.5. The molecule has 1 aromatic heterocycles. The lowest BCUT2D eigenvalue weighted by Gasteiger charge is -2.19. The molecule has 0 saturated heterocycles. The zero-order valence-corrected chi connectivity index (χ0v) is 16.1. The minimum Gasteiger partial charge on any atom is -0.367 e. The highest BCUT2D eigenvalue weighted by Gasteiger charge is 2.16. The second kappa shape index (κ2) is 8.31. The third-order valence-electron chi connectivity index (χ3n) is 3.98. The van der Waals surface area contributed by atoms with Crippen LogP contribution in [0.3, 0.4) is 0 Å². The molecule has 0 aliphatic rings. The predicted molar refractivity (Wildman–Crippen MR) is 103 cm³/mol. The molecule has 0 spiro atoms. The lowest BCUT2D eigenvalue weighted by atomic mass is 10.1. The summed E-state index contributed by atoms with van der Waals surface area (Å²) in [4.78, 5) is 20.0. The summed E-state index contributed by atoms with van der Waals surface area (Å²) in [5.41, 5.74) is 6.64.